The molecule has 20 heavy (non-hydrogen) atoms. The first-order valence-electron chi connectivity index (χ1n) is 8.08. The van der Waals surface area contributed by atoms with E-state index in [2.05, 4.69) is 37.5 Å². The molecule has 1 aromatic carbocycles. The van der Waals surface area contributed by atoms with Crippen LogP contribution in [0.2, 0.25) is 0 Å². The summed E-state index contributed by atoms with van der Waals surface area (Å²) in [6.07, 6.45) is 7.09. The molecule has 3 atom stereocenters. The molecule has 4 rings (SSSR count). The summed E-state index contributed by atoms with van der Waals surface area (Å²) >= 11 is 0. The molecule has 1 N–H and O–H groups in total. The average molecular weight is 271 g/mol. The Kier molecular flexibility index (Phi) is 2.85. The van der Waals surface area contributed by atoms with Gasteiger partial charge in [-0.3, -0.25) is 0 Å². The number of benzene rings is 1. The van der Waals surface area contributed by atoms with Crippen LogP contribution in [-0.4, -0.2) is 19.7 Å². The number of nitrogens with one attached hydrogen (secondary N) is 1. The van der Waals surface area contributed by atoms with Gasteiger partial charge in [-0.05, 0) is 68.5 Å². The normalized spacial score (nSPS) is 37.4. The van der Waals surface area contributed by atoms with E-state index < -0.39 is 0 Å². The highest BCUT2D eigenvalue weighted by Gasteiger charge is 2.54. The fourth-order valence-electron chi connectivity index (χ4n) is 4.81. The maximum Gasteiger partial charge on any atom is 0.123 e. The van der Waals surface area contributed by atoms with Gasteiger partial charge in [0, 0.05) is 13.0 Å². The number of fused-ring (bicyclic) bond motifs is 2. The van der Waals surface area contributed by atoms with E-state index in [9.17, 15) is 0 Å². The smallest absolute Gasteiger partial charge is 0.123 e. The highest BCUT2D eigenvalue weighted by atomic mass is 16.5. The molecular formula is C18H25NO. The summed E-state index contributed by atoms with van der Waals surface area (Å²) < 4.78 is 6.22. The van der Waals surface area contributed by atoms with Crippen LogP contribution in [0.15, 0.2) is 18.2 Å². The first-order chi connectivity index (χ1) is 9.67. The Labute approximate surface area is 121 Å². The fraction of sp³-hybridized carbons (Fsp3) is 0.667. The molecule has 1 aliphatic heterocycles. The Morgan fingerprint density at radius 2 is 2.10 bits per heavy atom. The van der Waals surface area contributed by atoms with E-state index in [-0.39, 0.29) is 0 Å². The summed E-state index contributed by atoms with van der Waals surface area (Å²) in [6, 6.07) is 6.61. The van der Waals surface area contributed by atoms with Crippen molar-refractivity contribution in [2.24, 2.45) is 17.3 Å². The standard InChI is InChI=1S/C18H25NO/c1-12-3-4-17-13(5-12)7-16(20-17)10-18(11-19-2)8-14-6-15(14)9-18/h3-5,14-16,19H,6-11H2,1-2H3. The lowest BCUT2D eigenvalue weighted by Gasteiger charge is -2.33. The Bertz CT molecular complexity index is 514. The number of ether oxygens (including phenoxy) is 1. The summed E-state index contributed by atoms with van der Waals surface area (Å²) in [5, 5.41) is 3.44. The maximum absolute atomic E-state index is 6.22. The number of rotatable bonds is 4. The van der Waals surface area contributed by atoms with E-state index in [4.69, 9.17) is 4.74 Å². The van der Waals surface area contributed by atoms with Crippen LogP contribution in [0.25, 0.3) is 0 Å². The van der Waals surface area contributed by atoms with Crippen molar-refractivity contribution >= 4 is 0 Å². The van der Waals surface area contributed by atoms with E-state index in [1.165, 1.54) is 36.8 Å². The molecule has 3 unspecified atom stereocenters. The molecule has 2 saturated carbocycles. The molecule has 108 valence electrons. The third-order valence-electron chi connectivity index (χ3n) is 5.63. The summed E-state index contributed by atoms with van der Waals surface area (Å²) in [6.45, 7) is 3.33. The van der Waals surface area contributed by atoms with Gasteiger partial charge in [0.05, 0.1) is 0 Å². The van der Waals surface area contributed by atoms with Crippen LogP contribution < -0.4 is 10.1 Å². The quantitative estimate of drug-likeness (QED) is 0.907. The topological polar surface area (TPSA) is 21.3 Å². The summed E-state index contributed by atoms with van der Waals surface area (Å²) in [7, 11) is 2.10. The molecule has 1 heterocycles. The molecule has 0 saturated heterocycles. The zero-order valence-electron chi connectivity index (χ0n) is 12.6. The summed E-state index contributed by atoms with van der Waals surface area (Å²) in [5.41, 5.74) is 3.27. The van der Waals surface area contributed by atoms with Gasteiger partial charge in [-0.25, -0.2) is 0 Å². The van der Waals surface area contributed by atoms with Gasteiger partial charge >= 0.3 is 0 Å². The molecule has 2 aliphatic carbocycles. The van der Waals surface area contributed by atoms with E-state index in [0.29, 0.717) is 11.5 Å². The molecule has 0 radical (unpaired) electrons. The van der Waals surface area contributed by atoms with Gasteiger partial charge in [-0.1, -0.05) is 17.7 Å². The van der Waals surface area contributed by atoms with Crippen LogP contribution in [0.1, 0.15) is 36.8 Å². The average Bonchev–Trinajstić information content (AvgIpc) is 2.83. The first kappa shape index (κ1) is 12.7. The molecule has 0 spiro atoms. The zero-order valence-corrected chi connectivity index (χ0v) is 12.6. The van der Waals surface area contributed by atoms with Gasteiger partial charge < -0.3 is 10.1 Å². The first-order valence-corrected chi connectivity index (χ1v) is 8.08. The number of hydrogen-bond acceptors (Lipinski definition) is 2. The molecule has 2 heteroatoms. The molecule has 2 nitrogen and oxygen atoms in total. The van der Waals surface area contributed by atoms with Crippen molar-refractivity contribution in [3.8, 4) is 5.75 Å². The van der Waals surface area contributed by atoms with E-state index in [0.717, 1.165) is 30.6 Å². The minimum atomic E-state index is 0.401. The van der Waals surface area contributed by atoms with E-state index in [1.807, 2.05) is 0 Å². The minimum absolute atomic E-state index is 0.401. The SMILES string of the molecule is CNCC1(CC2Cc3cc(C)ccc3O2)CC2CC2C1. The lowest BCUT2D eigenvalue weighted by atomic mass is 9.77. The molecule has 1 aromatic rings. The Morgan fingerprint density at radius 3 is 2.85 bits per heavy atom. The van der Waals surface area contributed by atoms with Crippen LogP contribution in [-0.2, 0) is 6.42 Å². The van der Waals surface area contributed by atoms with Gasteiger partial charge in [0.25, 0.3) is 0 Å². The van der Waals surface area contributed by atoms with E-state index >= 15 is 0 Å². The Morgan fingerprint density at radius 1 is 1.30 bits per heavy atom. The Hall–Kier alpha value is -1.02. The molecule has 0 bridgehead atoms. The lowest BCUT2D eigenvalue weighted by molar-refractivity contribution is 0.126. The van der Waals surface area contributed by atoms with Crippen molar-refractivity contribution in [2.75, 3.05) is 13.6 Å². The highest BCUT2D eigenvalue weighted by Crippen LogP contribution is 2.61. The van der Waals surface area contributed by atoms with Crippen molar-refractivity contribution in [3.63, 3.8) is 0 Å². The molecule has 0 aromatic heterocycles. The maximum atomic E-state index is 6.22. The van der Waals surface area contributed by atoms with Gasteiger partial charge in [0.1, 0.15) is 11.9 Å². The van der Waals surface area contributed by atoms with Gasteiger partial charge in [-0.15, -0.1) is 0 Å². The third kappa shape index (κ3) is 2.14. The van der Waals surface area contributed by atoms with Gasteiger partial charge in [0.15, 0.2) is 0 Å². The summed E-state index contributed by atoms with van der Waals surface area (Å²) in [4.78, 5) is 0. The number of aryl methyl sites for hydroxylation is 1. The van der Waals surface area contributed by atoms with Crippen molar-refractivity contribution in [2.45, 2.75) is 45.1 Å². The van der Waals surface area contributed by atoms with Crippen molar-refractivity contribution in [1.82, 2.24) is 5.32 Å². The van der Waals surface area contributed by atoms with Crippen LogP contribution in [0.4, 0.5) is 0 Å². The molecule has 0 amide bonds. The second kappa shape index (κ2) is 4.49. The number of hydrogen-bond donors (Lipinski definition) is 1. The fourth-order valence-corrected chi connectivity index (χ4v) is 4.81. The molecule has 3 aliphatic rings. The minimum Gasteiger partial charge on any atom is -0.490 e. The third-order valence-corrected chi connectivity index (χ3v) is 5.63. The predicted octanol–water partition coefficient (Wildman–Crippen LogP) is 3.32. The van der Waals surface area contributed by atoms with Crippen molar-refractivity contribution in [3.05, 3.63) is 29.3 Å². The van der Waals surface area contributed by atoms with Gasteiger partial charge in [0.2, 0.25) is 0 Å². The van der Waals surface area contributed by atoms with Crippen molar-refractivity contribution < 1.29 is 4.74 Å². The van der Waals surface area contributed by atoms with E-state index in [1.54, 1.807) is 0 Å². The molecule has 2 fully saturated rings. The largest absolute Gasteiger partial charge is 0.490 e. The van der Waals surface area contributed by atoms with Crippen LogP contribution in [0.5, 0.6) is 5.75 Å². The monoisotopic (exact) mass is 271 g/mol. The highest BCUT2D eigenvalue weighted by molar-refractivity contribution is 5.40. The lowest BCUT2D eigenvalue weighted by Crippen LogP contribution is -2.36. The van der Waals surface area contributed by atoms with Gasteiger partial charge in [-0.2, -0.15) is 0 Å². The zero-order chi connectivity index (χ0) is 13.7. The second-order valence-corrected chi connectivity index (χ2v) is 7.45. The summed E-state index contributed by atoms with van der Waals surface area (Å²) in [5.74, 6) is 3.20. The van der Waals surface area contributed by atoms with Crippen LogP contribution in [0, 0.1) is 24.2 Å². The molecular weight excluding hydrogens is 246 g/mol. The predicted molar refractivity (Wildman–Crippen MR) is 81.1 cm³/mol. The van der Waals surface area contributed by atoms with Crippen LogP contribution in [0.3, 0.4) is 0 Å². The van der Waals surface area contributed by atoms with Crippen LogP contribution >= 0.6 is 0 Å². The van der Waals surface area contributed by atoms with Crippen molar-refractivity contribution in [1.29, 1.82) is 0 Å². The second-order valence-electron chi connectivity index (χ2n) is 7.45. The Balaban J connectivity index is 1.47.